The van der Waals surface area contributed by atoms with Crippen molar-refractivity contribution < 1.29 is 0 Å². The molecule has 0 saturated carbocycles. The molecule has 0 aromatic carbocycles. The van der Waals surface area contributed by atoms with Gasteiger partial charge in [-0.3, -0.25) is 5.43 Å². The molecule has 13 heavy (non-hydrogen) atoms. The van der Waals surface area contributed by atoms with E-state index < -0.39 is 0 Å². The summed E-state index contributed by atoms with van der Waals surface area (Å²) in [6, 6.07) is 0. The minimum atomic E-state index is 0.916. The molecule has 0 atom stereocenters. The molecule has 0 unspecified atom stereocenters. The predicted octanol–water partition coefficient (Wildman–Crippen LogP) is 1.66. The zero-order valence-corrected chi connectivity index (χ0v) is 8.60. The molecule has 5 heteroatoms. The molecule has 1 saturated heterocycles. The maximum atomic E-state index is 4.03. The highest BCUT2D eigenvalue weighted by atomic mass is 32.1. The summed E-state index contributed by atoms with van der Waals surface area (Å²) in [6.45, 7) is 4.22. The summed E-state index contributed by atoms with van der Waals surface area (Å²) in [5.74, 6) is 0. The number of piperidine rings is 1. The van der Waals surface area contributed by atoms with Crippen LogP contribution in [-0.2, 0) is 0 Å². The lowest BCUT2D eigenvalue weighted by Crippen LogP contribution is -2.34. The predicted molar refractivity (Wildman–Crippen MR) is 53.7 cm³/mol. The summed E-state index contributed by atoms with van der Waals surface area (Å²) in [5.41, 5.74) is 3.28. The van der Waals surface area contributed by atoms with Crippen LogP contribution in [0.15, 0.2) is 0 Å². The number of aromatic nitrogens is 2. The second-order valence-electron chi connectivity index (χ2n) is 3.29. The Morgan fingerprint density at radius 2 is 2.00 bits per heavy atom. The topological polar surface area (TPSA) is 41.1 Å². The van der Waals surface area contributed by atoms with E-state index in [1.54, 1.807) is 11.3 Å². The fraction of sp³-hybridized carbons (Fsp3) is 0.750. The van der Waals surface area contributed by atoms with E-state index in [0.717, 1.165) is 23.2 Å². The first kappa shape index (κ1) is 8.90. The van der Waals surface area contributed by atoms with Gasteiger partial charge >= 0.3 is 0 Å². The lowest BCUT2D eigenvalue weighted by molar-refractivity contribution is 0.273. The van der Waals surface area contributed by atoms with E-state index in [9.17, 15) is 0 Å². The molecule has 0 radical (unpaired) electrons. The van der Waals surface area contributed by atoms with Crippen LogP contribution in [0.5, 0.6) is 0 Å². The minimum absolute atomic E-state index is 0.916. The molecule has 0 spiro atoms. The Hall–Kier alpha value is -0.680. The number of rotatable bonds is 2. The van der Waals surface area contributed by atoms with Crippen LogP contribution in [0.25, 0.3) is 0 Å². The van der Waals surface area contributed by atoms with E-state index >= 15 is 0 Å². The van der Waals surface area contributed by atoms with Crippen molar-refractivity contribution in [2.24, 2.45) is 0 Å². The van der Waals surface area contributed by atoms with Gasteiger partial charge in [-0.2, -0.15) is 0 Å². The van der Waals surface area contributed by atoms with Gasteiger partial charge in [-0.15, -0.1) is 10.2 Å². The van der Waals surface area contributed by atoms with Gasteiger partial charge in [0.1, 0.15) is 5.01 Å². The molecule has 0 bridgehead atoms. The first-order valence-electron chi connectivity index (χ1n) is 4.66. The van der Waals surface area contributed by atoms with Crippen molar-refractivity contribution in [1.29, 1.82) is 0 Å². The third kappa shape index (κ3) is 2.38. The minimum Gasteiger partial charge on any atom is -0.293 e. The molecule has 0 amide bonds. The fourth-order valence-corrected chi connectivity index (χ4v) is 2.10. The molecular weight excluding hydrogens is 184 g/mol. The van der Waals surface area contributed by atoms with E-state index in [0.29, 0.717) is 0 Å². The van der Waals surface area contributed by atoms with Crippen LogP contribution in [0.1, 0.15) is 24.3 Å². The number of hydrogen-bond acceptors (Lipinski definition) is 5. The number of aryl methyl sites for hydroxylation is 1. The first-order chi connectivity index (χ1) is 6.34. The van der Waals surface area contributed by atoms with E-state index in [-0.39, 0.29) is 0 Å². The molecule has 1 aromatic rings. The van der Waals surface area contributed by atoms with E-state index in [1.165, 1.54) is 19.3 Å². The molecule has 0 aliphatic carbocycles. The quantitative estimate of drug-likeness (QED) is 0.784. The van der Waals surface area contributed by atoms with Crippen molar-refractivity contribution >= 4 is 16.5 Å². The van der Waals surface area contributed by atoms with Crippen molar-refractivity contribution in [3.63, 3.8) is 0 Å². The van der Waals surface area contributed by atoms with Crippen LogP contribution >= 0.6 is 11.3 Å². The first-order valence-corrected chi connectivity index (χ1v) is 5.48. The normalized spacial score (nSPS) is 18.8. The Labute approximate surface area is 81.9 Å². The molecule has 1 N–H and O–H groups in total. The Bertz CT molecular complexity index is 267. The van der Waals surface area contributed by atoms with Gasteiger partial charge in [0, 0.05) is 13.1 Å². The second-order valence-corrected chi connectivity index (χ2v) is 4.47. The molecule has 72 valence electrons. The van der Waals surface area contributed by atoms with E-state index in [2.05, 4.69) is 20.6 Å². The zero-order valence-electron chi connectivity index (χ0n) is 7.79. The smallest absolute Gasteiger partial charge is 0.220 e. The van der Waals surface area contributed by atoms with Crippen molar-refractivity contribution in [3.05, 3.63) is 5.01 Å². The van der Waals surface area contributed by atoms with Gasteiger partial charge in [-0.1, -0.05) is 17.8 Å². The zero-order chi connectivity index (χ0) is 9.10. The molecule has 1 fully saturated rings. The van der Waals surface area contributed by atoms with Gasteiger partial charge in [-0.25, -0.2) is 5.01 Å². The Kier molecular flexibility index (Phi) is 2.75. The van der Waals surface area contributed by atoms with Gasteiger partial charge in [0.2, 0.25) is 5.13 Å². The van der Waals surface area contributed by atoms with Gasteiger partial charge in [0.15, 0.2) is 0 Å². The van der Waals surface area contributed by atoms with Crippen molar-refractivity contribution in [2.75, 3.05) is 18.5 Å². The largest absolute Gasteiger partial charge is 0.293 e. The summed E-state index contributed by atoms with van der Waals surface area (Å²) >= 11 is 1.61. The van der Waals surface area contributed by atoms with E-state index in [4.69, 9.17) is 0 Å². The second kappa shape index (κ2) is 4.02. The highest BCUT2D eigenvalue weighted by molar-refractivity contribution is 7.15. The van der Waals surface area contributed by atoms with Gasteiger partial charge in [0.25, 0.3) is 0 Å². The molecule has 4 nitrogen and oxygen atoms in total. The summed E-state index contributed by atoms with van der Waals surface area (Å²) in [6.07, 6.45) is 3.92. The van der Waals surface area contributed by atoms with Crippen LogP contribution in [0.4, 0.5) is 5.13 Å². The fourth-order valence-electron chi connectivity index (χ4n) is 1.48. The van der Waals surface area contributed by atoms with Crippen LogP contribution in [0, 0.1) is 6.92 Å². The number of nitrogens with zero attached hydrogens (tertiary/aromatic N) is 3. The van der Waals surface area contributed by atoms with Crippen molar-refractivity contribution in [1.82, 2.24) is 15.2 Å². The Balaban J connectivity index is 1.89. The van der Waals surface area contributed by atoms with E-state index in [1.807, 2.05) is 6.92 Å². The van der Waals surface area contributed by atoms with Gasteiger partial charge in [0.05, 0.1) is 0 Å². The highest BCUT2D eigenvalue weighted by Gasteiger charge is 2.10. The molecule has 2 heterocycles. The standard InChI is InChI=1S/C8H14N4S/c1-7-9-10-8(13-7)11-12-5-3-2-4-6-12/h2-6H2,1H3,(H,10,11). The average molecular weight is 198 g/mol. The van der Waals surface area contributed by atoms with Crippen LogP contribution in [0.3, 0.4) is 0 Å². The van der Waals surface area contributed by atoms with Gasteiger partial charge < -0.3 is 0 Å². The van der Waals surface area contributed by atoms with Crippen LogP contribution < -0.4 is 5.43 Å². The summed E-state index contributed by atoms with van der Waals surface area (Å²) in [4.78, 5) is 0. The molecule has 1 aliphatic rings. The number of hydrazine groups is 1. The molecule has 2 rings (SSSR count). The molecular formula is C8H14N4S. The third-order valence-electron chi connectivity index (χ3n) is 2.14. The average Bonchev–Trinajstić information content (AvgIpc) is 2.53. The molecule has 1 aliphatic heterocycles. The third-order valence-corrected chi connectivity index (χ3v) is 2.88. The van der Waals surface area contributed by atoms with Gasteiger partial charge in [-0.05, 0) is 19.8 Å². The van der Waals surface area contributed by atoms with Crippen LogP contribution in [0.2, 0.25) is 0 Å². The summed E-state index contributed by atoms with van der Waals surface area (Å²) in [7, 11) is 0. The SMILES string of the molecule is Cc1nnc(NN2CCCCC2)s1. The monoisotopic (exact) mass is 198 g/mol. The number of hydrogen-bond donors (Lipinski definition) is 1. The number of anilines is 1. The lowest BCUT2D eigenvalue weighted by atomic mass is 10.2. The Morgan fingerprint density at radius 3 is 2.62 bits per heavy atom. The summed E-state index contributed by atoms with van der Waals surface area (Å²) in [5, 5.41) is 12.1. The van der Waals surface area contributed by atoms with Crippen molar-refractivity contribution in [2.45, 2.75) is 26.2 Å². The maximum Gasteiger partial charge on any atom is 0.220 e. The Morgan fingerprint density at radius 1 is 1.23 bits per heavy atom. The van der Waals surface area contributed by atoms with Crippen LogP contribution in [-0.4, -0.2) is 28.3 Å². The summed E-state index contributed by atoms with van der Waals surface area (Å²) < 4.78 is 0. The highest BCUT2D eigenvalue weighted by Crippen LogP contribution is 2.16. The van der Waals surface area contributed by atoms with Crippen molar-refractivity contribution in [3.8, 4) is 0 Å². The lowest BCUT2D eigenvalue weighted by Gasteiger charge is -2.26. The molecule has 1 aromatic heterocycles. The number of nitrogens with one attached hydrogen (secondary N) is 1. The maximum absolute atomic E-state index is 4.03.